The number of anilines is 1. The zero-order chi connectivity index (χ0) is 19.1. The monoisotopic (exact) mass is 357 g/mol. The molecule has 6 heteroatoms. The van der Waals surface area contributed by atoms with E-state index in [1.807, 2.05) is 38.1 Å². The van der Waals surface area contributed by atoms with E-state index in [4.69, 9.17) is 14.2 Å². The summed E-state index contributed by atoms with van der Waals surface area (Å²) in [7, 11) is 1.52. The molecule has 2 aromatic rings. The molecule has 138 valence electrons. The van der Waals surface area contributed by atoms with Crippen molar-refractivity contribution in [2.75, 3.05) is 19.0 Å². The second kappa shape index (κ2) is 8.89. The SMILES string of the molecule is COc1ccc(C)cc1NC(=O)COC(=O)[C@H](C)Oc1cccc(C)c1. The highest BCUT2D eigenvalue weighted by atomic mass is 16.6. The highest BCUT2D eigenvalue weighted by Crippen LogP contribution is 2.25. The lowest BCUT2D eigenvalue weighted by atomic mass is 10.2. The third-order valence-electron chi connectivity index (χ3n) is 3.61. The average molecular weight is 357 g/mol. The zero-order valence-electron chi connectivity index (χ0n) is 15.4. The van der Waals surface area contributed by atoms with Gasteiger partial charge in [-0.1, -0.05) is 18.2 Å². The van der Waals surface area contributed by atoms with E-state index in [-0.39, 0.29) is 0 Å². The van der Waals surface area contributed by atoms with E-state index < -0.39 is 24.6 Å². The number of esters is 1. The summed E-state index contributed by atoms with van der Waals surface area (Å²) in [6.07, 6.45) is -0.821. The van der Waals surface area contributed by atoms with Crippen molar-refractivity contribution in [3.8, 4) is 11.5 Å². The Morgan fingerprint density at radius 3 is 2.50 bits per heavy atom. The van der Waals surface area contributed by atoms with Crippen LogP contribution in [0.2, 0.25) is 0 Å². The number of carbonyl (C=O) groups excluding carboxylic acids is 2. The van der Waals surface area contributed by atoms with Gasteiger partial charge in [0.1, 0.15) is 11.5 Å². The van der Waals surface area contributed by atoms with E-state index in [1.54, 1.807) is 25.1 Å². The zero-order valence-corrected chi connectivity index (χ0v) is 15.4. The van der Waals surface area contributed by atoms with Crippen molar-refractivity contribution in [1.29, 1.82) is 0 Å². The van der Waals surface area contributed by atoms with Crippen LogP contribution in [0.1, 0.15) is 18.1 Å². The van der Waals surface area contributed by atoms with Gasteiger partial charge in [-0.25, -0.2) is 4.79 Å². The van der Waals surface area contributed by atoms with Crippen molar-refractivity contribution in [2.45, 2.75) is 26.9 Å². The van der Waals surface area contributed by atoms with Crippen molar-refractivity contribution in [3.05, 3.63) is 53.6 Å². The van der Waals surface area contributed by atoms with Gasteiger partial charge in [0.2, 0.25) is 0 Å². The maximum atomic E-state index is 12.0. The number of amides is 1. The molecule has 0 saturated heterocycles. The summed E-state index contributed by atoms with van der Waals surface area (Å²) in [5.74, 6) is 0.0395. The summed E-state index contributed by atoms with van der Waals surface area (Å²) in [5, 5.41) is 2.67. The Balaban J connectivity index is 1.86. The molecule has 6 nitrogen and oxygen atoms in total. The largest absolute Gasteiger partial charge is 0.495 e. The quantitative estimate of drug-likeness (QED) is 0.770. The number of hydrogen-bond donors (Lipinski definition) is 1. The summed E-state index contributed by atoms with van der Waals surface area (Å²) >= 11 is 0. The van der Waals surface area contributed by atoms with Crippen LogP contribution in [0.4, 0.5) is 5.69 Å². The van der Waals surface area contributed by atoms with E-state index in [2.05, 4.69) is 5.32 Å². The fourth-order valence-electron chi connectivity index (χ4n) is 2.30. The highest BCUT2D eigenvalue weighted by Gasteiger charge is 2.18. The number of hydrogen-bond acceptors (Lipinski definition) is 5. The molecule has 1 N–H and O–H groups in total. The molecule has 0 aliphatic rings. The molecule has 0 radical (unpaired) electrons. The molecule has 0 bridgehead atoms. The van der Waals surface area contributed by atoms with Crippen LogP contribution in [-0.2, 0) is 14.3 Å². The Labute approximate surface area is 153 Å². The molecule has 0 aliphatic carbocycles. The number of aryl methyl sites for hydroxylation is 2. The molecule has 2 rings (SSSR count). The molecule has 0 aliphatic heterocycles. The lowest BCUT2D eigenvalue weighted by Crippen LogP contribution is -2.29. The number of ether oxygens (including phenoxy) is 3. The van der Waals surface area contributed by atoms with Gasteiger partial charge in [0.05, 0.1) is 12.8 Å². The summed E-state index contributed by atoms with van der Waals surface area (Å²) in [6, 6.07) is 12.8. The van der Waals surface area contributed by atoms with Crippen molar-refractivity contribution < 1.29 is 23.8 Å². The van der Waals surface area contributed by atoms with Gasteiger partial charge >= 0.3 is 5.97 Å². The molecule has 1 atom stereocenters. The molecule has 0 spiro atoms. The Kier molecular flexibility index (Phi) is 6.60. The second-order valence-corrected chi connectivity index (χ2v) is 5.94. The van der Waals surface area contributed by atoms with Crippen LogP contribution in [0.15, 0.2) is 42.5 Å². The molecule has 2 aromatic carbocycles. The van der Waals surface area contributed by atoms with Crippen LogP contribution in [0.3, 0.4) is 0 Å². The average Bonchev–Trinajstić information content (AvgIpc) is 2.60. The third-order valence-corrected chi connectivity index (χ3v) is 3.61. The first kappa shape index (κ1) is 19.3. The first-order valence-corrected chi connectivity index (χ1v) is 8.23. The molecule has 0 fully saturated rings. The van der Waals surface area contributed by atoms with Crippen molar-refractivity contribution in [1.82, 2.24) is 0 Å². The van der Waals surface area contributed by atoms with Gasteiger partial charge in [-0.2, -0.15) is 0 Å². The number of methoxy groups -OCH3 is 1. The maximum absolute atomic E-state index is 12.0. The summed E-state index contributed by atoms with van der Waals surface area (Å²) < 4.78 is 15.8. The fraction of sp³-hybridized carbons (Fsp3) is 0.300. The lowest BCUT2D eigenvalue weighted by molar-refractivity contribution is -0.153. The minimum absolute atomic E-state index is 0.405. The maximum Gasteiger partial charge on any atom is 0.347 e. The van der Waals surface area contributed by atoms with E-state index in [0.717, 1.165) is 11.1 Å². The number of nitrogens with one attached hydrogen (secondary N) is 1. The Morgan fingerprint density at radius 2 is 1.81 bits per heavy atom. The van der Waals surface area contributed by atoms with E-state index >= 15 is 0 Å². The van der Waals surface area contributed by atoms with Gasteiger partial charge in [-0.05, 0) is 56.2 Å². The van der Waals surface area contributed by atoms with Crippen LogP contribution >= 0.6 is 0 Å². The van der Waals surface area contributed by atoms with Gasteiger partial charge in [-0.3, -0.25) is 4.79 Å². The van der Waals surface area contributed by atoms with Gasteiger partial charge in [-0.15, -0.1) is 0 Å². The Bertz CT molecular complexity index is 788. The van der Waals surface area contributed by atoms with Crippen molar-refractivity contribution in [2.24, 2.45) is 0 Å². The highest BCUT2D eigenvalue weighted by molar-refractivity contribution is 5.94. The fourth-order valence-corrected chi connectivity index (χ4v) is 2.30. The third kappa shape index (κ3) is 5.51. The molecule has 0 heterocycles. The minimum atomic E-state index is -0.821. The topological polar surface area (TPSA) is 73.9 Å². The molecule has 0 unspecified atom stereocenters. The van der Waals surface area contributed by atoms with Gasteiger partial charge in [0, 0.05) is 0 Å². The van der Waals surface area contributed by atoms with Crippen LogP contribution in [0, 0.1) is 13.8 Å². The first-order chi connectivity index (χ1) is 12.4. The van der Waals surface area contributed by atoms with Crippen LogP contribution in [0.5, 0.6) is 11.5 Å². The number of carbonyl (C=O) groups is 2. The molecular weight excluding hydrogens is 334 g/mol. The van der Waals surface area contributed by atoms with Crippen molar-refractivity contribution >= 4 is 17.6 Å². The first-order valence-electron chi connectivity index (χ1n) is 8.23. The molecule has 1 amide bonds. The van der Waals surface area contributed by atoms with Gasteiger partial charge in [0.25, 0.3) is 5.91 Å². The summed E-state index contributed by atoms with van der Waals surface area (Å²) in [4.78, 5) is 24.1. The van der Waals surface area contributed by atoms with E-state index in [1.165, 1.54) is 7.11 Å². The molecular formula is C20H23NO5. The lowest BCUT2D eigenvalue weighted by Gasteiger charge is -2.15. The number of rotatable bonds is 7. The minimum Gasteiger partial charge on any atom is -0.495 e. The van der Waals surface area contributed by atoms with Gasteiger partial charge in [0.15, 0.2) is 12.7 Å². The smallest absolute Gasteiger partial charge is 0.347 e. The molecule has 0 aromatic heterocycles. The normalized spacial score (nSPS) is 11.4. The van der Waals surface area contributed by atoms with E-state index in [9.17, 15) is 9.59 Å². The Hall–Kier alpha value is -3.02. The second-order valence-electron chi connectivity index (χ2n) is 5.94. The predicted octanol–water partition coefficient (Wildman–Crippen LogP) is 3.26. The summed E-state index contributed by atoms with van der Waals surface area (Å²) in [6.45, 7) is 5.00. The Morgan fingerprint density at radius 1 is 1.08 bits per heavy atom. The van der Waals surface area contributed by atoms with Crippen LogP contribution in [0.25, 0.3) is 0 Å². The molecule has 0 saturated carbocycles. The van der Waals surface area contributed by atoms with E-state index in [0.29, 0.717) is 17.2 Å². The van der Waals surface area contributed by atoms with Gasteiger partial charge < -0.3 is 19.5 Å². The molecule has 26 heavy (non-hydrogen) atoms. The summed E-state index contributed by atoms with van der Waals surface area (Å²) in [5.41, 5.74) is 2.52. The van der Waals surface area contributed by atoms with Crippen molar-refractivity contribution in [3.63, 3.8) is 0 Å². The predicted molar refractivity (Wildman–Crippen MR) is 98.6 cm³/mol. The van der Waals surface area contributed by atoms with Crippen LogP contribution < -0.4 is 14.8 Å². The standard InChI is InChI=1S/C20H23NO5/c1-13-6-5-7-16(10-13)26-15(3)20(23)25-12-19(22)21-17-11-14(2)8-9-18(17)24-4/h5-11,15H,12H2,1-4H3,(H,21,22)/t15-/m0/s1. The van der Waals surface area contributed by atoms with Crippen LogP contribution in [-0.4, -0.2) is 31.7 Å². The number of benzene rings is 2.